The molecule has 0 radical (unpaired) electrons. The molecule has 0 fully saturated rings. The summed E-state index contributed by atoms with van der Waals surface area (Å²) in [5, 5.41) is 4.24. The lowest BCUT2D eigenvalue weighted by atomic mass is 10.0. The molecular formula is C15H17N3S. The van der Waals surface area contributed by atoms with E-state index in [9.17, 15) is 0 Å². The normalized spacial score (nSPS) is 18.7. The number of benzodiazepines with no additional fused rings is 1. The third-order valence-electron chi connectivity index (χ3n) is 3.61. The van der Waals surface area contributed by atoms with Crippen molar-refractivity contribution in [3.63, 3.8) is 0 Å². The van der Waals surface area contributed by atoms with Crippen LogP contribution >= 0.6 is 11.3 Å². The van der Waals surface area contributed by atoms with Crippen molar-refractivity contribution in [3.8, 4) is 0 Å². The summed E-state index contributed by atoms with van der Waals surface area (Å²) in [5.74, 6) is 0. The molecule has 98 valence electrons. The smallest absolute Gasteiger partial charge is 0.0749 e. The maximum Gasteiger partial charge on any atom is 0.0749 e. The average Bonchev–Trinajstić information content (AvgIpc) is 2.93. The first kappa shape index (κ1) is 12.4. The summed E-state index contributed by atoms with van der Waals surface area (Å²) in [4.78, 5) is 7.06. The summed E-state index contributed by atoms with van der Waals surface area (Å²) in [6, 6.07) is 10.8. The van der Waals surface area contributed by atoms with Gasteiger partial charge in [0.1, 0.15) is 0 Å². The first-order valence-electron chi connectivity index (χ1n) is 6.40. The Morgan fingerprint density at radius 3 is 2.95 bits per heavy atom. The Labute approximate surface area is 117 Å². The lowest BCUT2D eigenvalue weighted by Gasteiger charge is -2.27. The zero-order chi connectivity index (χ0) is 13.2. The van der Waals surface area contributed by atoms with Gasteiger partial charge in [-0.3, -0.25) is 4.99 Å². The van der Waals surface area contributed by atoms with E-state index in [1.54, 1.807) is 11.3 Å². The van der Waals surface area contributed by atoms with E-state index >= 15 is 0 Å². The van der Waals surface area contributed by atoms with Crippen LogP contribution in [0.4, 0.5) is 5.69 Å². The van der Waals surface area contributed by atoms with Crippen LogP contribution in [0.25, 0.3) is 0 Å². The minimum atomic E-state index is 0.261. The predicted octanol–water partition coefficient (Wildman–Crippen LogP) is 2.36. The maximum atomic E-state index is 5.88. The van der Waals surface area contributed by atoms with E-state index < -0.39 is 0 Å². The fourth-order valence-corrected chi connectivity index (χ4v) is 3.10. The summed E-state index contributed by atoms with van der Waals surface area (Å²) in [7, 11) is 2.10. The molecule has 2 heterocycles. The van der Waals surface area contributed by atoms with Crippen LogP contribution in [0.5, 0.6) is 0 Å². The van der Waals surface area contributed by atoms with Gasteiger partial charge in [0.15, 0.2) is 0 Å². The van der Waals surface area contributed by atoms with Crippen molar-refractivity contribution in [1.82, 2.24) is 0 Å². The van der Waals surface area contributed by atoms with Crippen molar-refractivity contribution in [3.05, 3.63) is 52.2 Å². The molecule has 4 heteroatoms. The van der Waals surface area contributed by atoms with E-state index in [4.69, 9.17) is 10.7 Å². The molecule has 2 N–H and O–H groups in total. The second kappa shape index (κ2) is 5.15. The predicted molar refractivity (Wildman–Crippen MR) is 82.5 cm³/mol. The van der Waals surface area contributed by atoms with Gasteiger partial charge in [0.2, 0.25) is 0 Å². The molecule has 2 aromatic rings. The van der Waals surface area contributed by atoms with Crippen molar-refractivity contribution in [1.29, 1.82) is 0 Å². The lowest BCUT2D eigenvalue weighted by Crippen LogP contribution is -2.39. The zero-order valence-corrected chi connectivity index (χ0v) is 11.7. The Balaban J connectivity index is 2.15. The monoisotopic (exact) mass is 271 g/mol. The van der Waals surface area contributed by atoms with Crippen LogP contribution in [0, 0.1) is 0 Å². The van der Waals surface area contributed by atoms with E-state index in [2.05, 4.69) is 53.0 Å². The quantitative estimate of drug-likeness (QED) is 0.911. The molecule has 1 unspecified atom stereocenters. The Morgan fingerprint density at radius 2 is 2.21 bits per heavy atom. The minimum Gasteiger partial charge on any atom is -0.368 e. The van der Waals surface area contributed by atoms with E-state index in [0.717, 1.165) is 12.3 Å². The van der Waals surface area contributed by atoms with Crippen molar-refractivity contribution < 1.29 is 0 Å². The fourth-order valence-electron chi connectivity index (χ4n) is 2.46. The summed E-state index contributed by atoms with van der Waals surface area (Å²) in [6.07, 6.45) is 0. The fraction of sp³-hybridized carbons (Fsp3) is 0.267. The number of hydrogen-bond donors (Lipinski definition) is 1. The molecule has 3 nitrogen and oxygen atoms in total. The highest BCUT2D eigenvalue weighted by Crippen LogP contribution is 2.27. The molecular weight excluding hydrogens is 254 g/mol. The summed E-state index contributed by atoms with van der Waals surface area (Å²) >= 11 is 1.70. The number of nitrogens with two attached hydrogens (primary N) is 1. The van der Waals surface area contributed by atoms with Crippen molar-refractivity contribution in [2.75, 3.05) is 25.0 Å². The molecule has 0 spiro atoms. The van der Waals surface area contributed by atoms with Crippen LogP contribution in [0.15, 0.2) is 46.1 Å². The van der Waals surface area contributed by atoms with Gasteiger partial charge in [0, 0.05) is 35.8 Å². The van der Waals surface area contributed by atoms with Crippen LogP contribution in [-0.2, 0) is 0 Å². The van der Waals surface area contributed by atoms with Crippen LogP contribution in [0.1, 0.15) is 11.1 Å². The van der Waals surface area contributed by atoms with E-state index in [1.807, 2.05) is 0 Å². The molecule has 0 saturated heterocycles. The highest BCUT2D eigenvalue weighted by molar-refractivity contribution is 7.08. The van der Waals surface area contributed by atoms with Gasteiger partial charge in [-0.25, -0.2) is 0 Å². The SMILES string of the molecule is CN1c2ccccc2C(c2ccsc2)=NCC1CN. The molecule has 19 heavy (non-hydrogen) atoms. The van der Waals surface area contributed by atoms with Crippen molar-refractivity contribution in [2.45, 2.75) is 6.04 Å². The summed E-state index contributed by atoms with van der Waals surface area (Å²) in [5.41, 5.74) is 10.6. The van der Waals surface area contributed by atoms with Gasteiger partial charge < -0.3 is 10.6 Å². The molecule has 1 aliphatic rings. The molecule has 1 aliphatic heterocycles. The first-order valence-corrected chi connectivity index (χ1v) is 7.35. The van der Waals surface area contributed by atoms with E-state index in [-0.39, 0.29) is 6.04 Å². The number of nitrogens with zero attached hydrogens (tertiary/aromatic N) is 2. The molecule has 0 amide bonds. The van der Waals surface area contributed by atoms with Gasteiger partial charge in [-0.1, -0.05) is 18.2 Å². The first-order chi connectivity index (χ1) is 9.31. The molecule has 0 bridgehead atoms. The molecule has 3 rings (SSSR count). The van der Waals surface area contributed by atoms with Gasteiger partial charge in [-0.05, 0) is 17.5 Å². The number of benzene rings is 1. The largest absolute Gasteiger partial charge is 0.368 e. The third kappa shape index (κ3) is 2.17. The number of likely N-dealkylation sites (N-methyl/N-ethyl adjacent to an activating group) is 1. The van der Waals surface area contributed by atoms with Gasteiger partial charge >= 0.3 is 0 Å². The van der Waals surface area contributed by atoms with Crippen molar-refractivity contribution >= 4 is 22.7 Å². The number of aliphatic imine (C=N–C) groups is 1. The van der Waals surface area contributed by atoms with Crippen molar-refractivity contribution in [2.24, 2.45) is 10.7 Å². The van der Waals surface area contributed by atoms with Gasteiger partial charge in [0.25, 0.3) is 0 Å². The van der Waals surface area contributed by atoms with E-state index in [0.29, 0.717) is 6.54 Å². The summed E-state index contributed by atoms with van der Waals surface area (Å²) in [6.45, 7) is 1.36. The number of rotatable bonds is 2. The van der Waals surface area contributed by atoms with Gasteiger partial charge in [-0.15, -0.1) is 0 Å². The van der Waals surface area contributed by atoms with E-state index in [1.165, 1.54) is 16.8 Å². The Hall–Kier alpha value is -1.65. The highest BCUT2D eigenvalue weighted by atomic mass is 32.1. The average molecular weight is 271 g/mol. The zero-order valence-electron chi connectivity index (χ0n) is 10.9. The number of thiophene rings is 1. The highest BCUT2D eigenvalue weighted by Gasteiger charge is 2.22. The minimum absolute atomic E-state index is 0.261. The third-order valence-corrected chi connectivity index (χ3v) is 4.30. The van der Waals surface area contributed by atoms with Crippen LogP contribution in [0.2, 0.25) is 0 Å². The molecule has 0 aliphatic carbocycles. The lowest BCUT2D eigenvalue weighted by molar-refractivity contribution is 0.653. The number of para-hydroxylation sites is 1. The topological polar surface area (TPSA) is 41.6 Å². The number of hydrogen-bond acceptors (Lipinski definition) is 4. The second-order valence-corrected chi connectivity index (χ2v) is 5.50. The van der Waals surface area contributed by atoms with Crippen LogP contribution in [0.3, 0.4) is 0 Å². The maximum absolute atomic E-state index is 5.88. The Kier molecular flexibility index (Phi) is 3.36. The number of fused-ring (bicyclic) bond motifs is 1. The molecule has 1 aromatic heterocycles. The summed E-state index contributed by atoms with van der Waals surface area (Å²) < 4.78 is 0. The Morgan fingerprint density at radius 1 is 1.37 bits per heavy atom. The Bertz CT molecular complexity index is 589. The standard InChI is InChI=1S/C15H17N3S/c1-18-12(8-16)9-17-15(11-6-7-19-10-11)13-4-2-3-5-14(13)18/h2-7,10,12H,8-9,16H2,1H3. The molecule has 0 saturated carbocycles. The van der Waals surface area contributed by atoms with Crippen LogP contribution < -0.4 is 10.6 Å². The molecule has 1 atom stereocenters. The van der Waals surface area contributed by atoms with Gasteiger partial charge in [-0.2, -0.15) is 11.3 Å². The second-order valence-electron chi connectivity index (χ2n) is 4.72. The van der Waals surface area contributed by atoms with Crippen LogP contribution in [-0.4, -0.2) is 31.9 Å². The van der Waals surface area contributed by atoms with Gasteiger partial charge in [0.05, 0.1) is 18.3 Å². The molecule has 1 aromatic carbocycles. The number of anilines is 1.